The van der Waals surface area contributed by atoms with Gasteiger partial charge in [0.2, 0.25) is 0 Å². The molecular formula is C18H29ClN2. The number of nitrogens with one attached hydrogen (secondary N) is 1. The molecule has 1 saturated carbocycles. The van der Waals surface area contributed by atoms with Crippen LogP contribution in [0.2, 0.25) is 5.02 Å². The smallest absolute Gasteiger partial charge is 0.0412 e. The van der Waals surface area contributed by atoms with Gasteiger partial charge >= 0.3 is 0 Å². The number of hydrogen-bond acceptors (Lipinski definition) is 2. The van der Waals surface area contributed by atoms with Crippen LogP contribution in [0, 0.1) is 5.92 Å². The van der Waals surface area contributed by atoms with Crippen molar-refractivity contribution in [2.45, 2.75) is 65.1 Å². The third-order valence-electron chi connectivity index (χ3n) is 4.66. The van der Waals surface area contributed by atoms with Crippen LogP contribution in [-0.2, 0) is 6.54 Å². The van der Waals surface area contributed by atoms with E-state index in [1.54, 1.807) is 0 Å². The van der Waals surface area contributed by atoms with Crippen molar-refractivity contribution in [3.8, 4) is 0 Å². The van der Waals surface area contributed by atoms with Crippen molar-refractivity contribution >= 4 is 17.3 Å². The average Bonchev–Trinajstić information content (AvgIpc) is 2.45. The summed E-state index contributed by atoms with van der Waals surface area (Å²) in [5.41, 5.74) is 2.63. The molecule has 0 saturated heterocycles. The van der Waals surface area contributed by atoms with Gasteiger partial charge in [0.1, 0.15) is 0 Å². The summed E-state index contributed by atoms with van der Waals surface area (Å²) >= 11 is 6.20. The molecule has 1 aromatic rings. The molecule has 0 radical (unpaired) electrons. The standard InChI is InChI=1S/C18H29ClN2/c1-13(2)20-12-15-11-16(19)7-10-18(15)21(4)17-8-5-14(3)6-9-17/h7,10-11,13-14,17,20H,5-6,8-9,12H2,1-4H3. The minimum atomic E-state index is 0.484. The van der Waals surface area contributed by atoms with Gasteiger partial charge < -0.3 is 10.2 Å². The minimum Gasteiger partial charge on any atom is -0.371 e. The first-order valence-corrected chi connectivity index (χ1v) is 8.59. The lowest BCUT2D eigenvalue weighted by molar-refractivity contribution is 0.340. The van der Waals surface area contributed by atoms with Crippen LogP contribution in [0.25, 0.3) is 0 Å². The van der Waals surface area contributed by atoms with Gasteiger partial charge in [-0.3, -0.25) is 0 Å². The highest BCUT2D eigenvalue weighted by Crippen LogP contribution is 2.32. The van der Waals surface area contributed by atoms with Crippen molar-refractivity contribution in [3.63, 3.8) is 0 Å². The second-order valence-electron chi connectivity index (χ2n) is 6.83. The van der Waals surface area contributed by atoms with Crippen molar-refractivity contribution in [1.82, 2.24) is 5.32 Å². The normalized spacial score (nSPS) is 22.6. The summed E-state index contributed by atoms with van der Waals surface area (Å²) in [5.74, 6) is 0.891. The Hall–Kier alpha value is -0.730. The molecule has 1 aliphatic carbocycles. The lowest BCUT2D eigenvalue weighted by atomic mass is 9.86. The largest absolute Gasteiger partial charge is 0.371 e. The monoisotopic (exact) mass is 308 g/mol. The molecule has 0 atom stereocenters. The maximum atomic E-state index is 6.20. The molecule has 0 aromatic heterocycles. The summed E-state index contributed by atoms with van der Waals surface area (Å²) in [4.78, 5) is 2.47. The lowest BCUT2D eigenvalue weighted by Crippen LogP contribution is -2.36. The van der Waals surface area contributed by atoms with E-state index in [0.717, 1.165) is 17.5 Å². The molecule has 2 nitrogen and oxygen atoms in total. The topological polar surface area (TPSA) is 15.3 Å². The van der Waals surface area contributed by atoms with E-state index in [-0.39, 0.29) is 0 Å². The van der Waals surface area contributed by atoms with Crippen LogP contribution in [0.5, 0.6) is 0 Å². The van der Waals surface area contributed by atoms with E-state index in [1.807, 2.05) is 6.07 Å². The molecule has 1 aliphatic rings. The fraction of sp³-hybridized carbons (Fsp3) is 0.667. The number of nitrogens with zero attached hydrogens (tertiary/aromatic N) is 1. The van der Waals surface area contributed by atoms with E-state index in [9.17, 15) is 0 Å². The fourth-order valence-electron chi connectivity index (χ4n) is 3.18. The highest BCUT2D eigenvalue weighted by molar-refractivity contribution is 6.30. The summed E-state index contributed by atoms with van der Waals surface area (Å²) in [6.45, 7) is 7.60. The molecule has 2 rings (SSSR count). The molecular weight excluding hydrogens is 280 g/mol. The van der Waals surface area contributed by atoms with Crippen LogP contribution >= 0.6 is 11.6 Å². The van der Waals surface area contributed by atoms with Crippen LogP contribution in [0.1, 0.15) is 52.0 Å². The number of anilines is 1. The zero-order chi connectivity index (χ0) is 15.4. The summed E-state index contributed by atoms with van der Waals surface area (Å²) in [6, 6.07) is 7.45. The van der Waals surface area contributed by atoms with Gasteiger partial charge in [-0.15, -0.1) is 0 Å². The maximum Gasteiger partial charge on any atom is 0.0412 e. The van der Waals surface area contributed by atoms with E-state index in [4.69, 9.17) is 11.6 Å². The summed E-state index contributed by atoms with van der Waals surface area (Å²) in [7, 11) is 2.24. The summed E-state index contributed by atoms with van der Waals surface area (Å²) < 4.78 is 0. The Kier molecular flexibility index (Phi) is 5.95. The molecule has 1 fully saturated rings. The molecule has 1 N–H and O–H groups in total. The Morgan fingerprint density at radius 3 is 2.52 bits per heavy atom. The molecule has 0 aliphatic heterocycles. The zero-order valence-corrected chi connectivity index (χ0v) is 14.6. The van der Waals surface area contributed by atoms with Gasteiger partial charge in [-0.1, -0.05) is 32.4 Å². The van der Waals surface area contributed by atoms with Crippen LogP contribution in [-0.4, -0.2) is 19.1 Å². The van der Waals surface area contributed by atoms with Crippen molar-refractivity contribution < 1.29 is 0 Å². The molecule has 0 amide bonds. The van der Waals surface area contributed by atoms with E-state index in [0.29, 0.717) is 12.1 Å². The first-order valence-electron chi connectivity index (χ1n) is 8.22. The van der Waals surface area contributed by atoms with Crippen molar-refractivity contribution in [3.05, 3.63) is 28.8 Å². The Morgan fingerprint density at radius 2 is 1.90 bits per heavy atom. The second-order valence-corrected chi connectivity index (χ2v) is 7.27. The van der Waals surface area contributed by atoms with Crippen molar-refractivity contribution in [2.24, 2.45) is 5.92 Å². The molecule has 0 unspecified atom stereocenters. The highest BCUT2D eigenvalue weighted by Gasteiger charge is 2.23. The molecule has 0 bridgehead atoms. The molecule has 118 valence electrons. The highest BCUT2D eigenvalue weighted by atomic mass is 35.5. The first-order chi connectivity index (χ1) is 9.97. The third-order valence-corrected chi connectivity index (χ3v) is 4.89. The van der Waals surface area contributed by atoms with E-state index in [1.165, 1.54) is 36.9 Å². The van der Waals surface area contributed by atoms with E-state index >= 15 is 0 Å². The van der Waals surface area contributed by atoms with Crippen molar-refractivity contribution in [1.29, 1.82) is 0 Å². The number of benzene rings is 1. The average molecular weight is 309 g/mol. The van der Waals surface area contributed by atoms with Crippen molar-refractivity contribution in [2.75, 3.05) is 11.9 Å². The van der Waals surface area contributed by atoms with E-state index < -0.39 is 0 Å². The number of rotatable bonds is 5. The predicted octanol–water partition coefficient (Wildman–Crippen LogP) is 4.85. The molecule has 0 spiro atoms. The minimum absolute atomic E-state index is 0.484. The molecule has 21 heavy (non-hydrogen) atoms. The SMILES string of the molecule is CC1CCC(N(C)c2ccc(Cl)cc2CNC(C)C)CC1. The lowest BCUT2D eigenvalue weighted by Gasteiger charge is -2.36. The van der Waals surface area contributed by atoms with E-state index in [2.05, 4.69) is 50.2 Å². The van der Waals surface area contributed by atoms with Crippen LogP contribution in [0.4, 0.5) is 5.69 Å². The predicted molar refractivity (Wildman–Crippen MR) is 93.3 cm³/mol. The quantitative estimate of drug-likeness (QED) is 0.836. The van der Waals surface area contributed by atoms with Crippen LogP contribution in [0.15, 0.2) is 18.2 Å². The maximum absolute atomic E-state index is 6.20. The summed E-state index contributed by atoms with van der Waals surface area (Å²) in [5, 5.41) is 4.33. The Bertz CT molecular complexity index is 451. The number of halogens is 1. The molecule has 3 heteroatoms. The fourth-order valence-corrected chi connectivity index (χ4v) is 3.38. The zero-order valence-electron chi connectivity index (χ0n) is 13.8. The Balaban J connectivity index is 2.13. The van der Waals surface area contributed by atoms with Gasteiger partial charge in [-0.25, -0.2) is 0 Å². The van der Waals surface area contributed by atoms with Gasteiger partial charge in [0.25, 0.3) is 0 Å². The summed E-state index contributed by atoms with van der Waals surface area (Å²) in [6.07, 6.45) is 5.30. The van der Waals surface area contributed by atoms with Gasteiger partial charge in [0.15, 0.2) is 0 Å². The molecule has 1 aromatic carbocycles. The third kappa shape index (κ3) is 4.62. The van der Waals surface area contributed by atoms with Crippen LogP contribution in [0.3, 0.4) is 0 Å². The van der Waals surface area contributed by atoms with Gasteiger partial charge in [-0.2, -0.15) is 0 Å². The molecule has 0 heterocycles. The Labute approximate surface area is 134 Å². The first kappa shape index (κ1) is 16.6. The van der Waals surface area contributed by atoms with Gasteiger partial charge in [0, 0.05) is 36.4 Å². The number of hydrogen-bond donors (Lipinski definition) is 1. The van der Waals surface area contributed by atoms with Crippen LogP contribution < -0.4 is 10.2 Å². The Morgan fingerprint density at radius 1 is 1.24 bits per heavy atom. The van der Waals surface area contributed by atoms with Gasteiger partial charge in [0.05, 0.1) is 0 Å². The second kappa shape index (κ2) is 7.51. The van der Waals surface area contributed by atoms with Gasteiger partial charge in [-0.05, 0) is 55.4 Å².